The summed E-state index contributed by atoms with van der Waals surface area (Å²) in [7, 11) is 0. The minimum atomic E-state index is -0.501. The van der Waals surface area contributed by atoms with Crippen LogP contribution >= 0.6 is 11.6 Å². The highest BCUT2D eigenvalue weighted by atomic mass is 35.5. The number of aromatic nitrogens is 2. The lowest BCUT2D eigenvalue weighted by Crippen LogP contribution is -1.95. The van der Waals surface area contributed by atoms with Crippen molar-refractivity contribution in [2.75, 3.05) is 0 Å². The summed E-state index contributed by atoms with van der Waals surface area (Å²) in [5.41, 5.74) is 1.67. The van der Waals surface area contributed by atoms with Crippen LogP contribution < -0.4 is 0 Å². The molecule has 15 heavy (non-hydrogen) atoms. The van der Waals surface area contributed by atoms with Crippen LogP contribution in [0.2, 0.25) is 5.02 Å². The molecule has 78 valence electrons. The zero-order valence-corrected chi connectivity index (χ0v) is 9.02. The maximum Gasteiger partial charge on any atom is 0.0992 e. The molecule has 0 amide bonds. The van der Waals surface area contributed by atoms with Crippen LogP contribution in [0.25, 0.3) is 5.69 Å². The highest BCUT2D eigenvalue weighted by Crippen LogP contribution is 2.24. The molecule has 1 heterocycles. The van der Waals surface area contributed by atoms with E-state index in [2.05, 4.69) is 4.98 Å². The van der Waals surface area contributed by atoms with Crippen LogP contribution in [0.15, 0.2) is 36.9 Å². The minimum Gasteiger partial charge on any atom is -0.389 e. The average molecular weight is 223 g/mol. The lowest BCUT2D eigenvalue weighted by Gasteiger charge is -2.09. The predicted octanol–water partition coefficient (Wildman–Crippen LogP) is 2.58. The van der Waals surface area contributed by atoms with Gasteiger partial charge in [0, 0.05) is 12.4 Å². The number of imidazole rings is 1. The Kier molecular flexibility index (Phi) is 2.75. The van der Waals surface area contributed by atoms with Crippen molar-refractivity contribution in [2.24, 2.45) is 0 Å². The van der Waals surface area contributed by atoms with Crippen molar-refractivity contribution in [2.45, 2.75) is 13.0 Å². The number of halogens is 1. The summed E-state index contributed by atoms with van der Waals surface area (Å²) in [6.45, 7) is 1.71. The fourth-order valence-electron chi connectivity index (χ4n) is 1.39. The van der Waals surface area contributed by atoms with Gasteiger partial charge in [-0.05, 0) is 24.6 Å². The van der Waals surface area contributed by atoms with Crippen LogP contribution in [-0.2, 0) is 0 Å². The Balaban J connectivity index is 2.44. The van der Waals surface area contributed by atoms with Crippen molar-refractivity contribution in [3.63, 3.8) is 0 Å². The van der Waals surface area contributed by atoms with E-state index < -0.39 is 6.10 Å². The molecule has 0 spiro atoms. The summed E-state index contributed by atoms with van der Waals surface area (Å²) in [5, 5.41) is 9.99. The van der Waals surface area contributed by atoms with E-state index in [1.165, 1.54) is 0 Å². The number of hydrogen-bond acceptors (Lipinski definition) is 2. The molecule has 1 aromatic heterocycles. The summed E-state index contributed by atoms with van der Waals surface area (Å²) < 4.78 is 1.83. The van der Waals surface area contributed by atoms with E-state index in [4.69, 9.17) is 11.6 Å². The molecule has 0 radical (unpaired) electrons. The van der Waals surface area contributed by atoms with Crippen LogP contribution in [0.5, 0.6) is 0 Å². The van der Waals surface area contributed by atoms with Gasteiger partial charge in [0.05, 0.1) is 23.1 Å². The van der Waals surface area contributed by atoms with Crippen molar-refractivity contribution in [1.82, 2.24) is 9.55 Å². The molecule has 1 atom stereocenters. The molecule has 0 bridgehead atoms. The number of benzene rings is 1. The van der Waals surface area contributed by atoms with Gasteiger partial charge in [-0.15, -0.1) is 0 Å². The summed E-state index contributed by atoms with van der Waals surface area (Å²) >= 11 is 6.11. The first-order chi connectivity index (χ1) is 7.18. The molecular formula is C11H11ClN2O. The van der Waals surface area contributed by atoms with Gasteiger partial charge in [-0.2, -0.15) is 0 Å². The summed E-state index contributed by atoms with van der Waals surface area (Å²) in [5.74, 6) is 0. The third-order valence-electron chi connectivity index (χ3n) is 2.24. The van der Waals surface area contributed by atoms with Crippen molar-refractivity contribution >= 4 is 11.6 Å². The number of aliphatic hydroxyl groups is 1. The van der Waals surface area contributed by atoms with Crippen molar-refractivity contribution in [3.8, 4) is 5.69 Å². The molecule has 1 unspecified atom stereocenters. The van der Waals surface area contributed by atoms with Gasteiger partial charge in [-0.25, -0.2) is 4.98 Å². The van der Waals surface area contributed by atoms with Crippen LogP contribution in [0.1, 0.15) is 18.6 Å². The van der Waals surface area contributed by atoms with Gasteiger partial charge in [0.15, 0.2) is 0 Å². The van der Waals surface area contributed by atoms with Gasteiger partial charge in [0.25, 0.3) is 0 Å². The van der Waals surface area contributed by atoms with Gasteiger partial charge in [-0.1, -0.05) is 17.7 Å². The molecule has 0 saturated heterocycles. The standard InChI is InChI=1S/C11H11ClN2O/c1-8(15)9-2-3-11(10(12)6-9)14-5-4-13-7-14/h2-8,15H,1H3. The Hall–Kier alpha value is -1.32. The highest BCUT2D eigenvalue weighted by molar-refractivity contribution is 6.32. The number of nitrogens with zero attached hydrogens (tertiary/aromatic N) is 2. The maximum absolute atomic E-state index is 9.39. The first kappa shape index (κ1) is 10.2. The third kappa shape index (κ3) is 2.03. The van der Waals surface area contributed by atoms with Crippen molar-refractivity contribution in [1.29, 1.82) is 0 Å². The zero-order valence-electron chi connectivity index (χ0n) is 8.26. The Labute approximate surface area is 93.0 Å². The molecule has 3 nitrogen and oxygen atoms in total. The predicted molar refractivity (Wildman–Crippen MR) is 59.2 cm³/mol. The van der Waals surface area contributed by atoms with E-state index in [0.29, 0.717) is 5.02 Å². The van der Waals surface area contributed by atoms with Crippen LogP contribution in [0.3, 0.4) is 0 Å². The lowest BCUT2D eigenvalue weighted by molar-refractivity contribution is 0.199. The Bertz CT molecular complexity index is 452. The van der Waals surface area contributed by atoms with Crippen molar-refractivity contribution < 1.29 is 5.11 Å². The second kappa shape index (κ2) is 4.04. The van der Waals surface area contributed by atoms with E-state index in [1.54, 1.807) is 25.5 Å². The molecule has 0 aliphatic carbocycles. The largest absolute Gasteiger partial charge is 0.389 e. The van der Waals surface area contributed by atoms with Crippen LogP contribution in [0, 0.1) is 0 Å². The summed E-state index contributed by atoms with van der Waals surface area (Å²) in [6.07, 6.45) is 4.70. The lowest BCUT2D eigenvalue weighted by atomic mass is 10.1. The summed E-state index contributed by atoms with van der Waals surface area (Å²) in [6, 6.07) is 5.49. The van der Waals surface area contributed by atoms with E-state index in [1.807, 2.05) is 22.9 Å². The normalized spacial score (nSPS) is 12.7. The fourth-order valence-corrected chi connectivity index (χ4v) is 1.68. The van der Waals surface area contributed by atoms with Gasteiger partial charge in [0.1, 0.15) is 0 Å². The number of aliphatic hydroxyl groups excluding tert-OH is 1. The fraction of sp³-hybridized carbons (Fsp3) is 0.182. The molecule has 0 saturated carbocycles. The molecule has 2 aromatic rings. The number of hydrogen-bond donors (Lipinski definition) is 1. The Morgan fingerprint density at radius 2 is 2.27 bits per heavy atom. The van der Waals surface area contributed by atoms with Crippen molar-refractivity contribution in [3.05, 3.63) is 47.5 Å². The first-order valence-corrected chi connectivity index (χ1v) is 5.02. The first-order valence-electron chi connectivity index (χ1n) is 4.64. The second-order valence-electron chi connectivity index (χ2n) is 3.36. The van der Waals surface area contributed by atoms with E-state index in [-0.39, 0.29) is 0 Å². The number of rotatable bonds is 2. The monoisotopic (exact) mass is 222 g/mol. The van der Waals surface area contributed by atoms with Gasteiger partial charge in [0.2, 0.25) is 0 Å². The molecule has 0 aliphatic rings. The smallest absolute Gasteiger partial charge is 0.0992 e. The molecule has 4 heteroatoms. The van der Waals surface area contributed by atoms with Gasteiger partial charge < -0.3 is 9.67 Å². The Morgan fingerprint density at radius 1 is 1.47 bits per heavy atom. The SMILES string of the molecule is CC(O)c1ccc(-n2ccnc2)c(Cl)c1. The average Bonchev–Trinajstić information content (AvgIpc) is 2.70. The molecule has 1 aromatic carbocycles. The second-order valence-corrected chi connectivity index (χ2v) is 3.76. The Morgan fingerprint density at radius 3 is 2.80 bits per heavy atom. The molecule has 0 fully saturated rings. The molecule has 0 aliphatic heterocycles. The van der Waals surface area contributed by atoms with Gasteiger partial charge in [-0.3, -0.25) is 0 Å². The minimum absolute atomic E-state index is 0.501. The molecule has 2 rings (SSSR count). The van der Waals surface area contributed by atoms with Crippen LogP contribution in [-0.4, -0.2) is 14.7 Å². The zero-order chi connectivity index (χ0) is 10.8. The third-order valence-corrected chi connectivity index (χ3v) is 2.54. The van der Waals surface area contributed by atoms with E-state index in [9.17, 15) is 5.11 Å². The maximum atomic E-state index is 9.39. The molecular weight excluding hydrogens is 212 g/mol. The van der Waals surface area contributed by atoms with Gasteiger partial charge >= 0.3 is 0 Å². The summed E-state index contributed by atoms with van der Waals surface area (Å²) in [4.78, 5) is 3.95. The highest BCUT2D eigenvalue weighted by Gasteiger charge is 2.06. The van der Waals surface area contributed by atoms with Crippen LogP contribution in [0.4, 0.5) is 0 Å². The molecule has 1 N–H and O–H groups in total. The van der Waals surface area contributed by atoms with E-state index in [0.717, 1.165) is 11.3 Å². The topological polar surface area (TPSA) is 38.0 Å². The quantitative estimate of drug-likeness (QED) is 0.848. The van der Waals surface area contributed by atoms with E-state index >= 15 is 0 Å².